The molecule has 2 fully saturated rings. The van der Waals surface area contributed by atoms with E-state index in [4.69, 9.17) is 0 Å². The molecule has 2 bridgehead atoms. The number of thiazole rings is 1. The number of fused-ring (bicyclic) bond motifs is 2. The molecule has 3 rings (SSSR count). The number of carbonyl (C=O) groups excluding carboxylic acids is 2. The van der Waals surface area contributed by atoms with Gasteiger partial charge in [0.2, 0.25) is 11.8 Å². The van der Waals surface area contributed by atoms with Crippen LogP contribution in [-0.2, 0) is 16.0 Å². The number of amides is 2. The summed E-state index contributed by atoms with van der Waals surface area (Å²) in [7, 11) is 0. The Morgan fingerprint density at radius 1 is 1.39 bits per heavy atom. The van der Waals surface area contributed by atoms with E-state index in [0.29, 0.717) is 23.6 Å². The molecule has 1 aromatic rings. The van der Waals surface area contributed by atoms with Crippen LogP contribution in [0.1, 0.15) is 38.8 Å². The van der Waals surface area contributed by atoms with Gasteiger partial charge in [-0.15, -0.1) is 11.3 Å². The quantitative estimate of drug-likeness (QED) is 0.876. The summed E-state index contributed by atoms with van der Waals surface area (Å²) < 4.78 is 0. The molecule has 2 N–H and O–H groups in total. The molecule has 2 unspecified atom stereocenters. The zero-order chi connectivity index (χ0) is 16.4. The van der Waals surface area contributed by atoms with Gasteiger partial charge in [-0.1, -0.05) is 13.8 Å². The summed E-state index contributed by atoms with van der Waals surface area (Å²) in [5, 5.41) is 8.79. The maximum Gasteiger partial charge on any atom is 0.228 e. The van der Waals surface area contributed by atoms with E-state index in [1.165, 1.54) is 17.8 Å². The van der Waals surface area contributed by atoms with E-state index in [9.17, 15) is 9.59 Å². The fraction of sp³-hybridized carbons (Fsp3) is 0.688. The third-order valence-corrected chi connectivity index (χ3v) is 5.32. The number of hydrogen-bond donors (Lipinski definition) is 2. The molecule has 2 amide bonds. The molecule has 0 aliphatic carbocycles. The molecular formula is C16H24N4O2S. The Morgan fingerprint density at radius 3 is 2.96 bits per heavy atom. The van der Waals surface area contributed by atoms with Crippen molar-refractivity contribution in [3.63, 3.8) is 0 Å². The van der Waals surface area contributed by atoms with Crippen LogP contribution < -0.4 is 10.6 Å². The van der Waals surface area contributed by atoms with E-state index in [0.717, 1.165) is 31.6 Å². The lowest BCUT2D eigenvalue weighted by Crippen LogP contribution is -2.39. The molecule has 0 saturated carbocycles. The summed E-state index contributed by atoms with van der Waals surface area (Å²) in [5.41, 5.74) is 0.737. The molecule has 7 heteroatoms. The second kappa shape index (κ2) is 6.97. The highest BCUT2D eigenvalue weighted by Gasteiger charge is 2.31. The molecule has 2 atom stereocenters. The van der Waals surface area contributed by atoms with Crippen molar-refractivity contribution in [2.75, 3.05) is 18.4 Å². The number of anilines is 1. The lowest BCUT2D eigenvalue weighted by Gasteiger charge is -2.24. The smallest absolute Gasteiger partial charge is 0.228 e. The molecule has 2 aliphatic rings. The van der Waals surface area contributed by atoms with Crippen LogP contribution in [0.25, 0.3) is 0 Å². The Bertz CT molecular complexity index is 586. The summed E-state index contributed by atoms with van der Waals surface area (Å²) in [6.07, 6.45) is 3.74. The maximum atomic E-state index is 12.5. The van der Waals surface area contributed by atoms with Gasteiger partial charge in [-0.05, 0) is 19.3 Å². The number of rotatable bonds is 4. The first-order valence-corrected chi connectivity index (χ1v) is 9.18. The summed E-state index contributed by atoms with van der Waals surface area (Å²) in [6, 6.07) is 1.03. The zero-order valence-corrected chi connectivity index (χ0v) is 14.5. The maximum absolute atomic E-state index is 12.5. The van der Waals surface area contributed by atoms with Crippen LogP contribution in [-0.4, -0.2) is 46.9 Å². The lowest BCUT2D eigenvalue weighted by molar-refractivity contribution is -0.130. The van der Waals surface area contributed by atoms with Crippen LogP contribution >= 0.6 is 11.3 Å². The molecule has 126 valence electrons. The molecule has 3 heterocycles. The third-order valence-electron chi connectivity index (χ3n) is 4.51. The van der Waals surface area contributed by atoms with E-state index < -0.39 is 0 Å². The van der Waals surface area contributed by atoms with Gasteiger partial charge < -0.3 is 15.5 Å². The van der Waals surface area contributed by atoms with Crippen molar-refractivity contribution in [3.05, 3.63) is 11.1 Å². The first-order valence-electron chi connectivity index (χ1n) is 8.30. The van der Waals surface area contributed by atoms with Gasteiger partial charge in [0.15, 0.2) is 5.13 Å². The Labute approximate surface area is 140 Å². The van der Waals surface area contributed by atoms with Gasteiger partial charge in [0, 0.05) is 36.5 Å². The number of likely N-dealkylation sites (tertiary alicyclic amines) is 1. The van der Waals surface area contributed by atoms with E-state index >= 15 is 0 Å². The predicted octanol–water partition coefficient (Wildman–Crippen LogP) is 1.63. The minimum Gasteiger partial charge on any atom is -0.341 e. The van der Waals surface area contributed by atoms with Crippen LogP contribution in [0.3, 0.4) is 0 Å². The average Bonchev–Trinajstić information content (AvgIpc) is 3.05. The predicted molar refractivity (Wildman–Crippen MR) is 90.4 cm³/mol. The molecule has 0 spiro atoms. The summed E-state index contributed by atoms with van der Waals surface area (Å²) in [5.74, 6) is 0.00207. The van der Waals surface area contributed by atoms with Gasteiger partial charge in [-0.3, -0.25) is 9.59 Å². The summed E-state index contributed by atoms with van der Waals surface area (Å²) >= 11 is 1.37. The molecule has 0 aromatic carbocycles. The number of carbonyl (C=O) groups is 2. The summed E-state index contributed by atoms with van der Waals surface area (Å²) in [4.78, 5) is 30.5. The standard InChI is InChI=1S/C16H24N4O2S/c1-10(2)15(22)19-16-18-13(9-23-16)7-14(21)20-6-5-11-3-4-12(8-20)17-11/h9-12,17H,3-8H2,1-2H3,(H,18,19,22). The molecular weight excluding hydrogens is 312 g/mol. The molecule has 0 radical (unpaired) electrons. The van der Waals surface area contributed by atoms with E-state index in [2.05, 4.69) is 15.6 Å². The van der Waals surface area contributed by atoms with Gasteiger partial charge in [0.1, 0.15) is 0 Å². The van der Waals surface area contributed by atoms with Gasteiger partial charge >= 0.3 is 0 Å². The molecule has 1 aromatic heterocycles. The Hall–Kier alpha value is -1.47. The highest BCUT2D eigenvalue weighted by molar-refractivity contribution is 7.13. The van der Waals surface area contributed by atoms with Crippen molar-refractivity contribution < 1.29 is 9.59 Å². The summed E-state index contributed by atoms with van der Waals surface area (Å²) in [6.45, 7) is 5.31. The number of nitrogens with zero attached hydrogens (tertiary/aromatic N) is 2. The van der Waals surface area contributed by atoms with Crippen LogP contribution in [0.4, 0.5) is 5.13 Å². The number of hydrogen-bond acceptors (Lipinski definition) is 5. The van der Waals surface area contributed by atoms with Crippen LogP contribution in [0.5, 0.6) is 0 Å². The van der Waals surface area contributed by atoms with Crippen molar-refractivity contribution >= 4 is 28.3 Å². The first-order chi connectivity index (χ1) is 11.0. The second-order valence-corrected chi connectivity index (χ2v) is 7.59. The second-order valence-electron chi connectivity index (χ2n) is 6.73. The Kier molecular flexibility index (Phi) is 4.96. The monoisotopic (exact) mass is 336 g/mol. The first kappa shape index (κ1) is 16.4. The zero-order valence-electron chi connectivity index (χ0n) is 13.7. The topological polar surface area (TPSA) is 74.3 Å². The Balaban J connectivity index is 1.55. The van der Waals surface area contributed by atoms with Crippen molar-refractivity contribution in [3.8, 4) is 0 Å². The number of nitrogens with one attached hydrogen (secondary N) is 2. The lowest BCUT2D eigenvalue weighted by atomic mass is 10.1. The number of aromatic nitrogens is 1. The SMILES string of the molecule is CC(C)C(=O)Nc1nc(CC(=O)N2CCC3CCC(C2)N3)cs1. The fourth-order valence-electron chi connectivity index (χ4n) is 3.13. The van der Waals surface area contributed by atoms with Crippen molar-refractivity contribution in [1.82, 2.24) is 15.2 Å². The highest BCUT2D eigenvalue weighted by atomic mass is 32.1. The minimum atomic E-state index is -0.0796. The van der Waals surface area contributed by atoms with E-state index in [1.807, 2.05) is 24.1 Å². The molecule has 2 aliphatic heterocycles. The van der Waals surface area contributed by atoms with Crippen LogP contribution in [0.15, 0.2) is 5.38 Å². The minimum absolute atomic E-state index is 0.0492. The molecule has 6 nitrogen and oxygen atoms in total. The van der Waals surface area contributed by atoms with Crippen LogP contribution in [0, 0.1) is 5.92 Å². The normalized spacial score (nSPS) is 23.9. The highest BCUT2D eigenvalue weighted by Crippen LogP contribution is 2.22. The van der Waals surface area contributed by atoms with Crippen molar-refractivity contribution in [2.24, 2.45) is 5.92 Å². The molecule has 23 heavy (non-hydrogen) atoms. The Morgan fingerprint density at radius 2 is 2.17 bits per heavy atom. The van der Waals surface area contributed by atoms with Crippen molar-refractivity contribution in [1.29, 1.82) is 0 Å². The largest absolute Gasteiger partial charge is 0.341 e. The van der Waals surface area contributed by atoms with Gasteiger partial charge in [0.05, 0.1) is 12.1 Å². The van der Waals surface area contributed by atoms with Gasteiger partial charge in [-0.2, -0.15) is 0 Å². The van der Waals surface area contributed by atoms with Crippen LogP contribution in [0.2, 0.25) is 0 Å². The fourth-order valence-corrected chi connectivity index (χ4v) is 3.84. The van der Waals surface area contributed by atoms with Gasteiger partial charge in [0.25, 0.3) is 0 Å². The molecule has 2 saturated heterocycles. The van der Waals surface area contributed by atoms with E-state index in [1.54, 1.807) is 0 Å². The van der Waals surface area contributed by atoms with E-state index in [-0.39, 0.29) is 17.7 Å². The third kappa shape index (κ3) is 4.09. The average molecular weight is 336 g/mol. The van der Waals surface area contributed by atoms with Gasteiger partial charge in [-0.25, -0.2) is 4.98 Å². The van der Waals surface area contributed by atoms with Crippen molar-refractivity contribution in [2.45, 2.75) is 51.6 Å².